The van der Waals surface area contributed by atoms with E-state index < -0.39 is 10.0 Å². The van der Waals surface area contributed by atoms with Gasteiger partial charge in [-0.2, -0.15) is 0 Å². The van der Waals surface area contributed by atoms with Crippen LogP contribution in [0.3, 0.4) is 0 Å². The molecule has 0 aliphatic carbocycles. The molecule has 0 unspecified atom stereocenters. The predicted molar refractivity (Wildman–Crippen MR) is 82.2 cm³/mol. The molecule has 0 bridgehead atoms. The van der Waals surface area contributed by atoms with Gasteiger partial charge in [0.15, 0.2) is 0 Å². The summed E-state index contributed by atoms with van der Waals surface area (Å²) in [6.45, 7) is 0.740. The highest BCUT2D eigenvalue weighted by Crippen LogP contribution is 2.30. The third-order valence-corrected chi connectivity index (χ3v) is 4.78. The molecule has 0 atom stereocenters. The van der Waals surface area contributed by atoms with E-state index in [0.717, 1.165) is 5.56 Å². The highest BCUT2D eigenvalue weighted by atomic mass is 32.2. The van der Waals surface area contributed by atoms with Crippen molar-refractivity contribution >= 4 is 21.6 Å². The number of sulfonamides is 1. The third-order valence-electron chi connectivity index (χ3n) is 3.60. The molecule has 2 aromatic rings. The van der Waals surface area contributed by atoms with Gasteiger partial charge in [-0.3, -0.25) is 9.10 Å². The van der Waals surface area contributed by atoms with Gasteiger partial charge in [0.05, 0.1) is 24.8 Å². The van der Waals surface area contributed by atoms with Gasteiger partial charge in [0.1, 0.15) is 5.76 Å². The molecule has 0 saturated carbocycles. The SMILES string of the molecule is CS(=O)(=O)N1CCc2cc(C(=O)NCc3ccco3)ccc21. The van der Waals surface area contributed by atoms with Gasteiger partial charge in [0, 0.05) is 12.1 Å². The van der Waals surface area contributed by atoms with E-state index in [1.165, 1.54) is 10.6 Å². The Hall–Kier alpha value is -2.28. The molecule has 0 radical (unpaired) electrons. The molecular weight excluding hydrogens is 304 g/mol. The first kappa shape index (κ1) is 14.6. The van der Waals surface area contributed by atoms with Gasteiger partial charge in [0.25, 0.3) is 5.91 Å². The number of nitrogens with one attached hydrogen (secondary N) is 1. The van der Waals surface area contributed by atoms with Crippen LogP contribution in [0.5, 0.6) is 0 Å². The summed E-state index contributed by atoms with van der Waals surface area (Å²) in [7, 11) is -3.27. The number of benzene rings is 1. The molecule has 7 heteroatoms. The molecule has 22 heavy (non-hydrogen) atoms. The van der Waals surface area contributed by atoms with Crippen LogP contribution < -0.4 is 9.62 Å². The van der Waals surface area contributed by atoms with Crippen LogP contribution in [0.2, 0.25) is 0 Å². The Bertz CT molecular complexity index is 797. The fourth-order valence-electron chi connectivity index (χ4n) is 2.54. The van der Waals surface area contributed by atoms with Crippen molar-refractivity contribution in [2.75, 3.05) is 17.1 Å². The van der Waals surface area contributed by atoms with Gasteiger partial charge < -0.3 is 9.73 Å². The van der Waals surface area contributed by atoms with E-state index in [0.29, 0.717) is 36.5 Å². The summed E-state index contributed by atoms with van der Waals surface area (Å²) in [4.78, 5) is 12.1. The highest BCUT2D eigenvalue weighted by Gasteiger charge is 2.26. The largest absolute Gasteiger partial charge is 0.467 e. The molecule has 116 valence electrons. The van der Waals surface area contributed by atoms with Gasteiger partial charge in [-0.25, -0.2) is 8.42 Å². The Morgan fingerprint density at radius 3 is 2.86 bits per heavy atom. The lowest BCUT2D eigenvalue weighted by Gasteiger charge is -2.16. The monoisotopic (exact) mass is 320 g/mol. The fourth-order valence-corrected chi connectivity index (χ4v) is 3.50. The van der Waals surface area contributed by atoms with Crippen LogP contribution in [0.15, 0.2) is 41.0 Å². The highest BCUT2D eigenvalue weighted by molar-refractivity contribution is 7.92. The maximum atomic E-state index is 12.1. The van der Waals surface area contributed by atoms with Crippen LogP contribution in [0, 0.1) is 0 Å². The first-order valence-electron chi connectivity index (χ1n) is 6.86. The van der Waals surface area contributed by atoms with Crippen molar-refractivity contribution < 1.29 is 17.6 Å². The summed E-state index contributed by atoms with van der Waals surface area (Å²) in [6.07, 6.45) is 3.35. The van der Waals surface area contributed by atoms with Crippen LogP contribution in [0.25, 0.3) is 0 Å². The Kier molecular flexibility index (Phi) is 3.66. The van der Waals surface area contributed by atoms with Crippen LogP contribution in [0.4, 0.5) is 5.69 Å². The Labute approximate surface area is 128 Å². The van der Waals surface area contributed by atoms with Crippen molar-refractivity contribution in [2.45, 2.75) is 13.0 Å². The van der Waals surface area contributed by atoms with Crippen LogP contribution in [-0.4, -0.2) is 27.1 Å². The van der Waals surface area contributed by atoms with Crippen LogP contribution >= 0.6 is 0 Å². The number of anilines is 1. The molecule has 0 fully saturated rings. The minimum Gasteiger partial charge on any atom is -0.467 e. The topological polar surface area (TPSA) is 79.6 Å². The lowest BCUT2D eigenvalue weighted by atomic mass is 10.1. The quantitative estimate of drug-likeness (QED) is 0.926. The zero-order chi connectivity index (χ0) is 15.7. The average molecular weight is 320 g/mol. The average Bonchev–Trinajstić information content (AvgIpc) is 3.12. The summed E-state index contributed by atoms with van der Waals surface area (Å²) in [5.74, 6) is 0.467. The van der Waals surface area contributed by atoms with E-state index in [4.69, 9.17) is 4.42 Å². The van der Waals surface area contributed by atoms with Crippen LogP contribution in [0.1, 0.15) is 21.7 Å². The predicted octanol–water partition coefficient (Wildman–Crippen LogP) is 1.53. The van der Waals surface area contributed by atoms with Crippen molar-refractivity contribution in [2.24, 2.45) is 0 Å². The molecule has 1 N–H and O–H groups in total. The lowest BCUT2D eigenvalue weighted by Crippen LogP contribution is -2.27. The summed E-state index contributed by atoms with van der Waals surface area (Å²) < 4.78 is 29.9. The summed E-state index contributed by atoms with van der Waals surface area (Å²) in [5.41, 5.74) is 2.04. The molecule has 0 spiro atoms. The number of furan rings is 1. The number of amides is 1. The molecule has 2 heterocycles. The first-order valence-corrected chi connectivity index (χ1v) is 8.71. The molecule has 1 aromatic heterocycles. The van der Waals surface area contributed by atoms with Gasteiger partial charge in [-0.1, -0.05) is 0 Å². The van der Waals surface area contributed by atoms with Gasteiger partial charge in [-0.05, 0) is 42.3 Å². The van der Waals surface area contributed by atoms with E-state index in [9.17, 15) is 13.2 Å². The van der Waals surface area contributed by atoms with Crippen LogP contribution in [-0.2, 0) is 23.0 Å². The number of rotatable bonds is 4. The van der Waals surface area contributed by atoms with Gasteiger partial charge in [-0.15, -0.1) is 0 Å². The van der Waals surface area contributed by atoms with E-state index in [2.05, 4.69) is 5.32 Å². The third kappa shape index (κ3) is 2.85. The van der Waals surface area contributed by atoms with E-state index in [1.807, 2.05) is 0 Å². The summed E-state index contributed by atoms with van der Waals surface area (Å²) >= 11 is 0. The molecular formula is C15H16N2O4S. The molecule has 1 aliphatic heterocycles. The molecule has 0 saturated heterocycles. The molecule has 3 rings (SSSR count). The minimum absolute atomic E-state index is 0.211. The number of hydrogen-bond acceptors (Lipinski definition) is 4. The van der Waals surface area contributed by atoms with Crippen molar-refractivity contribution in [1.29, 1.82) is 0 Å². The molecule has 1 amide bonds. The zero-order valence-electron chi connectivity index (χ0n) is 12.1. The number of fused-ring (bicyclic) bond motifs is 1. The van der Waals surface area contributed by atoms with Crippen molar-refractivity contribution in [3.63, 3.8) is 0 Å². The van der Waals surface area contributed by atoms with Crippen molar-refractivity contribution in [3.8, 4) is 0 Å². The minimum atomic E-state index is -3.27. The standard InChI is InChI=1S/C15H16N2O4S/c1-22(19,20)17-7-6-11-9-12(4-5-14(11)17)15(18)16-10-13-3-2-8-21-13/h2-5,8-9H,6-7,10H2,1H3,(H,16,18). The number of nitrogens with zero attached hydrogens (tertiary/aromatic N) is 1. The Balaban J connectivity index is 1.75. The Morgan fingerprint density at radius 2 is 2.18 bits per heavy atom. The second-order valence-corrected chi connectivity index (χ2v) is 7.10. The fraction of sp³-hybridized carbons (Fsp3) is 0.267. The number of carbonyl (C=O) groups excluding carboxylic acids is 1. The lowest BCUT2D eigenvalue weighted by molar-refractivity contribution is 0.0948. The summed E-state index contributed by atoms with van der Waals surface area (Å²) in [5, 5.41) is 2.77. The molecule has 1 aliphatic rings. The second-order valence-electron chi connectivity index (χ2n) is 5.19. The summed E-state index contributed by atoms with van der Waals surface area (Å²) in [6, 6.07) is 8.62. The van der Waals surface area contributed by atoms with E-state index in [-0.39, 0.29) is 5.91 Å². The molecule has 6 nitrogen and oxygen atoms in total. The second kappa shape index (κ2) is 5.49. The first-order chi connectivity index (χ1) is 10.4. The van der Waals surface area contributed by atoms with Gasteiger partial charge in [0.2, 0.25) is 10.0 Å². The van der Waals surface area contributed by atoms with Gasteiger partial charge >= 0.3 is 0 Å². The normalized spacial score (nSPS) is 14.0. The van der Waals surface area contributed by atoms with Crippen molar-refractivity contribution in [3.05, 3.63) is 53.5 Å². The van der Waals surface area contributed by atoms with E-state index in [1.54, 1.807) is 36.6 Å². The molecule has 1 aromatic carbocycles. The Morgan fingerprint density at radius 1 is 1.36 bits per heavy atom. The number of carbonyl (C=O) groups is 1. The van der Waals surface area contributed by atoms with Crippen molar-refractivity contribution in [1.82, 2.24) is 5.32 Å². The smallest absolute Gasteiger partial charge is 0.251 e. The van der Waals surface area contributed by atoms with E-state index >= 15 is 0 Å². The zero-order valence-corrected chi connectivity index (χ0v) is 12.9. The maximum absolute atomic E-state index is 12.1. The maximum Gasteiger partial charge on any atom is 0.251 e. The number of hydrogen-bond donors (Lipinski definition) is 1.